The molecule has 0 unspecified atom stereocenters. The molecule has 0 amide bonds. The molecular weight excluding hydrogens is 675 g/mol. The lowest BCUT2D eigenvalue weighted by Crippen LogP contribution is -2.75. The maximum atomic E-state index is 14.2. The lowest BCUT2D eigenvalue weighted by molar-refractivity contribution is -0.469. The Bertz CT molecular complexity index is 1220. The molecule has 0 aromatic heterocycles. The van der Waals surface area contributed by atoms with Gasteiger partial charge in [-0.3, -0.25) is 0 Å². The summed E-state index contributed by atoms with van der Waals surface area (Å²) < 4.78 is 307. The summed E-state index contributed by atoms with van der Waals surface area (Å²) in [5.41, 5.74) is -8.24. The van der Waals surface area contributed by atoms with Crippen molar-refractivity contribution >= 4 is 5.97 Å². The van der Waals surface area contributed by atoms with Gasteiger partial charge in [0.25, 0.3) is 0 Å². The fourth-order valence-corrected chi connectivity index (χ4v) is 2.64. The van der Waals surface area contributed by atoms with Gasteiger partial charge >= 0.3 is 53.6 Å². The lowest BCUT2D eigenvalue weighted by atomic mass is 9.85. The van der Waals surface area contributed by atoms with Crippen molar-refractivity contribution in [2.45, 2.75) is 53.6 Å². The molecule has 1 aromatic rings. The van der Waals surface area contributed by atoms with Crippen LogP contribution in [0.5, 0.6) is 0 Å². The first-order valence-electron chi connectivity index (χ1n) is 8.75. The molecule has 0 heterocycles. The Morgan fingerprint density at radius 2 is 0.690 bits per heavy atom. The van der Waals surface area contributed by atoms with Crippen molar-refractivity contribution in [3.05, 3.63) is 34.4 Å². The Balaban J connectivity index is 0.0000168. The van der Waals surface area contributed by atoms with Gasteiger partial charge in [0.2, 0.25) is 0 Å². The number of carbonyl (C=O) groups excluding carboxylic acids is 1. The Kier molecular flexibility index (Phi) is 9.35. The minimum absolute atomic E-state index is 0. The van der Waals surface area contributed by atoms with E-state index in [0.29, 0.717) is 0 Å². The predicted molar refractivity (Wildman–Crippen MR) is 81.2 cm³/mol. The highest BCUT2D eigenvalue weighted by atomic mass is 19.4. The second kappa shape index (κ2) is 10.1. The number of quaternary nitrogens is 1. The van der Waals surface area contributed by atoms with E-state index in [9.17, 15) is 111 Å². The van der Waals surface area contributed by atoms with Crippen LogP contribution in [0.4, 0.5) is 101 Å². The fraction of sp³-hybridized carbons (Fsp3) is 0.562. The highest BCUT2D eigenvalue weighted by Gasteiger charge is 2.96. The molecule has 0 saturated carbocycles. The van der Waals surface area contributed by atoms with E-state index in [4.69, 9.17) is 0 Å². The van der Waals surface area contributed by atoms with Gasteiger partial charge in [-0.15, -0.1) is 0 Å². The zero-order valence-corrected chi connectivity index (χ0v) is 18.5. The molecule has 0 aliphatic rings. The van der Waals surface area contributed by atoms with E-state index in [2.05, 4.69) is 0 Å². The van der Waals surface area contributed by atoms with Crippen molar-refractivity contribution < 1.29 is 111 Å². The predicted octanol–water partition coefficient (Wildman–Crippen LogP) is 7.08. The number of carboxylic acid groups (broad SMARTS) is 1. The van der Waals surface area contributed by atoms with Crippen LogP contribution in [0.2, 0.25) is 0 Å². The molecule has 0 bridgehead atoms. The van der Waals surface area contributed by atoms with Crippen LogP contribution < -0.4 is 11.3 Å². The molecule has 1 aromatic carbocycles. The maximum absolute atomic E-state index is 14.2. The summed E-state index contributed by atoms with van der Waals surface area (Å²) in [6, 6.07) is 0. The summed E-state index contributed by atoms with van der Waals surface area (Å²) >= 11 is 0. The number of rotatable bonds is 9. The van der Waals surface area contributed by atoms with Crippen molar-refractivity contribution in [2.24, 2.45) is 0 Å². The molecule has 0 aliphatic carbocycles. The van der Waals surface area contributed by atoms with E-state index < -0.39 is 93.9 Å². The number of hydrogen-bond donors (Lipinski definition) is 1. The number of alkyl halides is 19. The average molecular weight is 679 g/mol. The van der Waals surface area contributed by atoms with Crippen LogP contribution in [0.1, 0.15) is 15.9 Å². The Labute approximate surface area is 212 Å². The first-order chi connectivity index (χ1) is 17.6. The zero-order valence-electron chi connectivity index (χ0n) is 18.5. The van der Waals surface area contributed by atoms with Crippen molar-refractivity contribution in [1.29, 1.82) is 0 Å². The van der Waals surface area contributed by atoms with Crippen LogP contribution in [-0.2, 0) is 5.92 Å². The molecule has 1 rings (SSSR count). The number of carboxylic acids is 1. The van der Waals surface area contributed by atoms with E-state index in [1.807, 2.05) is 0 Å². The molecule has 0 spiro atoms. The van der Waals surface area contributed by atoms with Crippen molar-refractivity contribution in [1.82, 2.24) is 6.15 Å². The number of hydrogen-bond acceptors (Lipinski definition) is 2. The minimum atomic E-state index is -9.36. The van der Waals surface area contributed by atoms with Crippen LogP contribution in [-0.4, -0.2) is 53.6 Å². The van der Waals surface area contributed by atoms with Crippen molar-refractivity contribution in [3.8, 4) is 0 Å². The molecule has 0 aliphatic heterocycles. The van der Waals surface area contributed by atoms with E-state index in [0.717, 1.165) is 0 Å². The highest BCUT2D eigenvalue weighted by molar-refractivity contribution is 5.88. The number of benzene rings is 1. The third-order valence-electron chi connectivity index (χ3n) is 4.90. The van der Waals surface area contributed by atoms with Gasteiger partial charge in [-0.05, 0) is 0 Å². The Hall–Kier alpha value is -2.96. The van der Waals surface area contributed by atoms with Crippen LogP contribution in [0, 0.1) is 23.3 Å². The molecule has 3 nitrogen and oxygen atoms in total. The van der Waals surface area contributed by atoms with Gasteiger partial charge in [-0.2, -0.15) is 83.4 Å². The largest absolute Gasteiger partial charge is 0.545 e. The van der Waals surface area contributed by atoms with Gasteiger partial charge in [0.15, 0.2) is 23.3 Å². The third-order valence-corrected chi connectivity index (χ3v) is 4.90. The molecule has 0 saturated heterocycles. The van der Waals surface area contributed by atoms with Gasteiger partial charge in [0.05, 0.1) is 11.5 Å². The number of aromatic carboxylic acids is 1. The number of carbonyl (C=O) groups is 1. The zero-order chi connectivity index (χ0) is 33.5. The van der Waals surface area contributed by atoms with Gasteiger partial charge in [-0.25, -0.2) is 17.6 Å². The maximum Gasteiger partial charge on any atom is 0.460 e. The lowest BCUT2D eigenvalue weighted by Gasteiger charge is -2.44. The first kappa shape index (κ1) is 39.0. The molecule has 0 atom stereocenters. The summed E-state index contributed by atoms with van der Waals surface area (Å²) in [4.78, 5) is 10.7. The summed E-state index contributed by atoms with van der Waals surface area (Å²) in [7, 11) is 0. The average Bonchev–Trinajstić information content (AvgIpc) is 2.77. The van der Waals surface area contributed by atoms with Crippen molar-refractivity contribution in [3.63, 3.8) is 0 Å². The summed E-state index contributed by atoms with van der Waals surface area (Å²) in [5.74, 6) is -91.0. The van der Waals surface area contributed by atoms with Gasteiger partial charge in [0, 0.05) is 5.56 Å². The molecule has 0 fully saturated rings. The normalized spacial score (nSPS) is 15.0. The molecule has 246 valence electrons. The van der Waals surface area contributed by atoms with Crippen molar-refractivity contribution in [2.75, 3.05) is 0 Å². The van der Waals surface area contributed by atoms with E-state index in [1.165, 1.54) is 0 Å². The Morgan fingerprint density at radius 1 is 0.429 bits per heavy atom. The minimum Gasteiger partial charge on any atom is -0.545 e. The van der Waals surface area contributed by atoms with Crippen LogP contribution >= 0.6 is 0 Å². The van der Waals surface area contributed by atoms with Gasteiger partial charge < -0.3 is 16.1 Å². The van der Waals surface area contributed by atoms with Gasteiger partial charge in [-0.1, -0.05) is 0 Å². The molecule has 42 heavy (non-hydrogen) atoms. The highest BCUT2D eigenvalue weighted by Crippen LogP contribution is 2.66. The summed E-state index contributed by atoms with van der Waals surface area (Å²) in [6.45, 7) is 0. The summed E-state index contributed by atoms with van der Waals surface area (Å²) in [6.07, 6.45) is -8.11. The Morgan fingerprint density at radius 3 is 0.976 bits per heavy atom. The quantitative estimate of drug-likeness (QED) is 0.172. The number of halogens is 23. The third kappa shape index (κ3) is 4.53. The van der Waals surface area contributed by atoms with E-state index >= 15 is 0 Å². The fourth-order valence-electron chi connectivity index (χ4n) is 2.64. The molecular formula is C16H4F23NO2. The van der Waals surface area contributed by atoms with E-state index in [1.54, 1.807) is 0 Å². The molecule has 26 heteroatoms. The molecule has 4 N–H and O–H groups in total. The van der Waals surface area contributed by atoms with Crippen LogP contribution in [0.15, 0.2) is 0 Å². The van der Waals surface area contributed by atoms with Crippen LogP contribution in [0.3, 0.4) is 0 Å². The topological polar surface area (TPSA) is 76.6 Å². The standard InChI is InChI=1S/C16HF23O2.H3N/c17-3-1(7(40)41)2(4(18)6(20)5(3)19)8(21,22)9(23,24)10(25,26)11(27,28)12(29,30)13(31,32)14(33,34)15(35,36)16(37,38)39;/h(H,40,41);1H3. The smallest absolute Gasteiger partial charge is 0.460 e. The molecule has 0 radical (unpaired) electrons. The second-order valence-corrected chi connectivity index (χ2v) is 7.39. The van der Waals surface area contributed by atoms with Crippen LogP contribution in [0.25, 0.3) is 0 Å². The second-order valence-electron chi connectivity index (χ2n) is 7.39. The van der Waals surface area contributed by atoms with Gasteiger partial charge in [0.1, 0.15) is 0 Å². The first-order valence-corrected chi connectivity index (χ1v) is 8.75. The summed E-state index contributed by atoms with van der Waals surface area (Å²) in [5, 5.41) is 10.7. The van der Waals surface area contributed by atoms with E-state index in [-0.39, 0.29) is 6.15 Å². The monoisotopic (exact) mass is 679 g/mol. The SMILES string of the molecule is O=C([O-])c1c(F)c(F)c(F)c(F)c1C(F)(F)C(F)(F)C(F)(F)C(F)(F)C(F)(F)C(F)(F)C(F)(F)C(F)(F)C(F)(F)F.[NH4+].